The standard InChI is InChI=1S/C15H12ClNO4/c1-2-13(18)10-6-3-4-9-14(10)21-15-11(16)7-5-8-12(15)17(19)20/h3-9H,2H2,1H3. The minimum Gasteiger partial charge on any atom is -0.448 e. The lowest BCUT2D eigenvalue weighted by Crippen LogP contribution is -2.01. The third kappa shape index (κ3) is 3.20. The topological polar surface area (TPSA) is 69.4 Å². The fourth-order valence-corrected chi connectivity index (χ4v) is 2.04. The molecule has 108 valence electrons. The van der Waals surface area contributed by atoms with Crippen LogP contribution in [0.15, 0.2) is 42.5 Å². The molecule has 2 aromatic rings. The van der Waals surface area contributed by atoms with Crippen LogP contribution in [0, 0.1) is 10.1 Å². The van der Waals surface area contributed by atoms with E-state index in [2.05, 4.69) is 0 Å². The molecule has 0 radical (unpaired) electrons. The number of hydrogen-bond donors (Lipinski definition) is 0. The summed E-state index contributed by atoms with van der Waals surface area (Å²) in [6, 6.07) is 10.8. The smallest absolute Gasteiger partial charge is 0.313 e. The molecular weight excluding hydrogens is 294 g/mol. The Kier molecular flexibility index (Phi) is 4.55. The molecule has 0 fully saturated rings. The summed E-state index contributed by atoms with van der Waals surface area (Å²) in [5, 5.41) is 11.2. The van der Waals surface area contributed by atoms with Gasteiger partial charge in [-0.2, -0.15) is 0 Å². The van der Waals surface area contributed by atoms with Crippen LogP contribution in [0.5, 0.6) is 11.5 Å². The Balaban J connectivity index is 2.49. The number of nitro benzene ring substituents is 1. The number of rotatable bonds is 5. The first-order valence-corrected chi connectivity index (χ1v) is 6.65. The van der Waals surface area contributed by atoms with Crippen LogP contribution in [0.25, 0.3) is 0 Å². The number of carbonyl (C=O) groups excluding carboxylic acids is 1. The van der Waals surface area contributed by atoms with Gasteiger partial charge in [-0.15, -0.1) is 0 Å². The summed E-state index contributed by atoms with van der Waals surface area (Å²) in [4.78, 5) is 22.3. The molecular formula is C15H12ClNO4. The number of para-hydroxylation sites is 2. The van der Waals surface area contributed by atoms with Gasteiger partial charge in [-0.1, -0.05) is 36.7 Å². The highest BCUT2D eigenvalue weighted by Crippen LogP contribution is 2.38. The van der Waals surface area contributed by atoms with E-state index in [1.54, 1.807) is 31.2 Å². The van der Waals surface area contributed by atoms with Gasteiger partial charge in [0.05, 0.1) is 15.5 Å². The van der Waals surface area contributed by atoms with Crippen molar-refractivity contribution in [1.82, 2.24) is 0 Å². The molecule has 0 aliphatic rings. The van der Waals surface area contributed by atoms with Crippen LogP contribution < -0.4 is 4.74 Å². The highest BCUT2D eigenvalue weighted by atomic mass is 35.5. The predicted molar refractivity (Wildman–Crippen MR) is 79.2 cm³/mol. The number of ketones is 1. The first-order valence-electron chi connectivity index (χ1n) is 6.27. The Hall–Kier alpha value is -2.40. The van der Waals surface area contributed by atoms with Crippen molar-refractivity contribution in [3.8, 4) is 11.5 Å². The zero-order valence-electron chi connectivity index (χ0n) is 11.2. The van der Waals surface area contributed by atoms with E-state index in [4.69, 9.17) is 16.3 Å². The van der Waals surface area contributed by atoms with Gasteiger partial charge in [0.25, 0.3) is 0 Å². The van der Waals surface area contributed by atoms with Crippen molar-refractivity contribution in [2.45, 2.75) is 13.3 Å². The lowest BCUT2D eigenvalue weighted by atomic mass is 10.1. The first kappa shape index (κ1) is 15.0. The molecule has 6 heteroatoms. The maximum atomic E-state index is 11.9. The van der Waals surface area contributed by atoms with E-state index in [0.717, 1.165) is 0 Å². The Bertz CT molecular complexity index is 700. The molecule has 0 spiro atoms. The highest BCUT2D eigenvalue weighted by molar-refractivity contribution is 6.32. The van der Waals surface area contributed by atoms with E-state index < -0.39 is 4.92 Å². The number of ether oxygens (including phenoxy) is 1. The number of halogens is 1. The minimum absolute atomic E-state index is 0.0690. The molecule has 0 unspecified atom stereocenters. The van der Waals surface area contributed by atoms with Gasteiger partial charge in [-0.3, -0.25) is 14.9 Å². The molecule has 0 saturated heterocycles. The minimum atomic E-state index is -0.578. The van der Waals surface area contributed by atoms with Gasteiger partial charge in [0.15, 0.2) is 5.78 Å². The average Bonchev–Trinajstić information content (AvgIpc) is 2.48. The van der Waals surface area contributed by atoms with Crippen LogP contribution in [0.3, 0.4) is 0 Å². The Morgan fingerprint density at radius 2 is 1.95 bits per heavy atom. The molecule has 0 amide bonds. The summed E-state index contributed by atoms with van der Waals surface area (Å²) in [5.74, 6) is 0.0707. The lowest BCUT2D eigenvalue weighted by molar-refractivity contribution is -0.385. The third-order valence-electron chi connectivity index (χ3n) is 2.86. The quantitative estimate of drug-likeness (QED) is 0.458. The number of benzene rings is 2. The summed E-state index contributed by atoms with van der Waals surface area (Å²) in [7, 11) is 0. The molecule has 0 aliphatic carbocycles. The van der Waals surface area contributed by atoms with Crippen LogP contribution >= 0.6 is 11.6 Å². The van der Waals surface area contributed by atoms with Crippen molar-refractivity contribution in [3.63, 3.8) is 0 Å². The second-order valence-electron chi connectivity index (χ2n) is 4.22. The van der Waals surface area contributed by atoms with E-state index in [9.17, 15) is 14.9 Å². The van der Waals surface area contributed by atoms with E-state index in [-0.39, 0.29) is 28.0 Å². The number of nitrogens with zero attached hydrogens (tertiary/aromatic N) is 1. The molecule has 0 N–H and O–H groups in total. The second kappa shape index (κ2) is 6.37. The molecule has 0 aromatic heterocycles. The highest BCUT2D eigenvalue weighted by Gasteiger charge is 2.21. The molecule has 0 bridgehead atoms. The molecule has 21 heavy (non-hydrogen) atoms. The van der Waals surface area contributed by atoms with Crippen molar-refractivity contribution in [1.29, 1.82) is 0 Å². The fraction of sp³-hybridized carbons (Fsp3) is 0.133. The Morgan fingerprint density at radius 1 is 1.24 bits per heavy atom. The second-order valence-corrected chi connectivity index (χ2v) is 4.63. The van der Waals surface area contributed by atoms with Gasteiger partial charge in [0.1, 0.15) is 5.75 Å². The zero-order chi connectivity index (χ0) is 15.4. The maximum absolute atomic E-state index is 11.9. The molecule has 0 heterocycles. The van der Waals surface area contributed by atoms with Gasteiger partial charge in [0, 0.05) is 12.5 Å². The van der Waals surface area contributed by atoms with Crippen LogP contribution in [-0.4, -0.2) is 10.7 Å². The summed E-state index contributed by atoms with van der Waals surface area (Å²) >= 11 is 5.97. The van der Waals surface area contributed by atoms with E-state index in [1.807, 2.05) is 0 Å². The van der Waals surface area contributed by atoms with Crippen molar-refractivity contribution in [2.24, 2.45) is 0 Å². The predicted octanol–water partition coefficient (Wildman–Crippen LogP) is 4.63. The summed E-state index contributed by atoms with van der Waals surface area (Å²) in [6.45, 7) is 1.73. The van der Waals surface area contributed by atoms with E-state index in [1.165, 1.54) is 18.2 Å². The monoisotopic (exact) mass is 305 g/mol. The van der Waals surface area contributed by atoms with Crippen LogP contribution in [0.4, 0.5) is 5.69 Å². The number of nitro groups is 1. The fourth-order valence-electron chi connectivity index (χ4n) is 1.83. The Morgan fingerprint density at radius 3 is 2.62 bits per heavy atom. The van der Waals surface area contributed by atoms with Crippen LogP contribution in [0.2, 0.25) is 5.02 Å². The van der Waals surface area contributed by atoms with Crippen molar-refractivity contribution in [2.75, 3.05) is 0 Å². The van der Waals surface area contributed by atoms with Gasteiger partial charge < -0.3 is 4.74 Å². The summed E-state index contributed by atoms with van der Waals surface area (Å²) in [5.41, 5.74) is 0.121. The summed E-state index contributed by atoms with van der Waals surface area (Å²) in [6.07, 6.45) is 0.311. The molecule has 2 rings (SSSR count). The number of Topliss-reactive ketones (excluding diaryl/α,β-unsaturated/α-hetero) is 1. The Labute approximate surface area is 126 Å². The molecule has 5 nitrogen and oxygen atoms in total. The van der Waals surface area contributed by atoms with Gasteiger partial charge in [-0.25, -0.2) is 0 Å². The third-order valence-corrected chi connectivity index (χ3v) is 3.16. The SMILES string of the molecule is CCC(=O)c1ccccc1Oc1c(Cl)cccc1[N+](=O)[O-]. The van der Waals surface area contributed by atoms with E-state index >= 15 is 0 Å². The van der Waals surface area contributed by atoms with Crippen LogP contribution in [-0.2, 0) is 0 Å². The first-order chi connectivity index (χ1) is 10.0. The van der Waals surface area contributed by atoms with E-state index in [0.29, 0.717) is 12.0 Å². The van der Waals surface area contributed by atoms with Gasteiger partial charge >= 0.3 is 5.69 Å². The van der Waals surface area contributed by atoms with Crippen molar-refractivity contribution < 1.29 is 14.5 Å². The van der Waals surface area contributed by atoms with Crippen molar-refractivity contribution in [3.05, 3.63) is 63.2 Å². The molecule has 2 aromatic carbocycles. The van der Waals surface area contributed by atoms with Crippen LogP contribution in [0.1, 0.15) is 23.7 Å². The molecule has 0 saturated carbocycles. The number of carbonyl (C=O) groups is 1. The maximum Gasteiger partial charge on any atom is 0.313 e. The molecule has 0 atom stereocenters. The summed E-state index contributed by atoms with van der Waals surface area (Å²) < 4.78 is 5.56. The average molecular weight is 306 g/mol. The zero-order valence-corrected chi connectivity index (χ0v) is 12.0. The molecule has 0 aliphatic heterocycles. The normalized spacial score (nSPS) is 10.2. The van der Waals surface area contributed by atoms with Gasteiger partial charge in [-0.05, 0) is 18.2 Å². The van der Waals surface area contributed by atoms with Crippen molar-refractivity contribution >= 4 is 23.1 Å². The lowest BCUT2D eigenvalue weighted by Gasteiger charge is -2.11. The number of hydrogen-bond acceptors (Lipinski definition) is 4. The van der Waals surface area contributed by atoms with Gasteiger partial charge in [0.2, 0.25) is 5.75 Å². The largest absolute Gasteiger partial charge is 0.448 e.